The molecule has 2 aromatic carbocycles. The molecule has 7 nitrogen and oxygen atoms in total. The molecule has 1 saturated heterocycles. The summed E-state index contributed by atoms with van der Waals surface area (Å²) in [6, 6.07) is 11.8. The minimum atomic E-state index is -0.0172. The highest BCUT2D eigenvalue weighted by molar-refractivity contribution is 5.99. The number of aromatic nitrogens is 2. The molecule has 3 heterocycles. The minimum Gasteiger partial charge on any atom is -0.497 e. The standard InChI is InChI=1S/C27H29N3O4/c1-18-16-29(17-28-18)24-8-6-19(14-26(24)33-3)13-20-5-4-11-30(27(20)31)23-10-12-34-25-9-7-21(32-2)15-22(23)25/h6-9,13-17,23H,4-5,10-12H2,1-3H3/b20-13+/t23-/m0/s1. The molecule has 7 heteroatoms. The zero-order valence-corrected chi connectivity index (χ0v) is 19.8. The van der Waals surface area contributed by atoms with E-state index in [2.05, 4.69) is 4.98 Å². The van der Waals surface area contributed by atoms with Crippen molar-refractivity contribution >= 4 is 12.0 Å². The van der Waals surface area contributed by atoms with Crippen molar-refractivity contribution < 1.29 is 19.0 Å². The molecule has 0 radical (unpaired) electrons. The van der Waals surface area contributed by atoms with Gasteiger partial charge >= 0.3 is 0 Å². The van der Waals surface area contributed by atoms with E-state index in [0.29, 0.717) is 6.61 Å². The minimum absolute atomic E-state index is 0.0172. The summed E-state index contributed by atoms with van der Waals surface area (Å²) in [4.78, 5) is 19.9. The molecule has 0 saturated carbocycles. The summed E-state index contributed by atoms with van der Waals surface area (Å²) >= 11 is 0. The van der Waals surface area contributed by atoms with Crippen molar-refractivity contribution in [3.63, 3.8) is 0 Å². The first-order chi connectivity index (χ1) is 16.6. The Bertz CT molecular complexity index is 1250. The van der Waals surface area contributed by atoms with Crippen LogP contribution < -0.4 is 14.2 Å². The first kappa shape index (κ1) is 22.1. The Balaban J connectivity index is 1.43. The van der Waals surface area contributed by atoms with Gasteiger partial charge in [0.2, 0.25) is 5.91 Å². The van der Waals surface area contributed by atoms with Crippen molar-refractivity contribution in [2.45, 2.75) is 32.2 Å². The number of amides is 1. The van der Waals surface area contributed by atoms with E-state index in [1.165, 1.54) is 0 Å². The topological polar surface area (TPSA) is 65.8 Å². The monoisotopic (exact) mass is 459 g/mol. The van der Waals surface area contributed by atoms with E-state index < -0.39 is 0 Å². The molecule has 0 aliphatic carbocycles. The van der Waals surface area contributed by atoms with E-state index in [9.17, 15) is 4.79 Å². The van der Waals surface area contributed by atoms with E-state index in [1.807, 2.05) is 65.1 Å². The van der Waals surface area contributed by atoms with Gasteiger partial charge in [-0.3, -0.25) is 4.79 Å². The summed E-state index contributed by atoms with van der Waals surface area (Å²) in [6.45, 7) is 3.29. The molecule has 0 unspecified atom stereocenters. The average Bonchev–Trinajstić information content (AvgIpc) is 3.30. The summed E-state index contributed by atoms with van der Waals surface area (Å²) in [7, 11) is 3.31. The molecule has 1 atom stereocenters. The van der Waals surface area contributed by atoms with Crippen LogP contribution in [0.4, 0.5) is 0 Å². The second-order valence-electron chi connectivity index (χ2n) is 8.68. The zero-order valence-electron chi connectivity index (χ0n) is 19.8. The van der Waals surface area contributed by atoms with Crippen molar-refractivity contribution in [3.05, 3.63) is 71.3 Å². The van der Waals surface area contributed by atoms with Crippen LogP contribution in [0.2, 0.25) is 0 Å². The predicted octanol–water partition coefficient (Wildman–Crippen LogP) is 4.73. The fourth-order valence-corrected chi connectivity index (χ4v) is 4.82. The van der Waals surface area contributed by atoms with Gasteiger partial charge in [0.25, 0.3) is 0 Å². The molecule has 2 aliphatic heterocycles. The number of carbonyl (C=O) groups is 1. The summed E-state index contributed by atoms with van der Waals surface area (Å²) in [5.74, 6) is 2.42. The molecule has 0 N–H and O–H groups in total. The van der Waals surface area contributed by atoms with Crippen LogP contribution in [-0.4, -0.2) is 47.7 Å². The second kappa shape index (κ2) is 9.25. The van der Waals surface area contributed by atoms with Gasteiger partial charge in [-0.1, -0.05) is 6.07 Å². The number of likely N-dealkylation sites (tertiary alicyclic amines) is 1. The van der Waals surface area contributed by atoms with E-state index in [0.717, 1.165) is 71.1 Å². The van der Waals surface area contributed by atoms with E-state index in [1.54, 1.807) is 20.5 Å². The largest absolute Gasteiger partial charge is 0.497 e. The maximum absolute atomic E-state index is 13.6. The van der Waals surface area contributed by atoms with Crippen LogP contribution in [-0.2, 0) is 4.79 Å². The van der Waals surface area contributed by atoms with E-state index >= 15 is 0 Å². The molecule has 3 aromatic rings. The number of aryl methyl sites for hydroxylation is 1. The molecular weight excluding hydrogens is 430 g/mol. The zero-order chi connectivity index (χ0) is 23.7. The van der Waals surface area contributed by atoms with Crippen molar-refractivity contribution in [1.82, 2.24) is 14.5 Å². The maximum Gasteiger partial charge on any atom is 0.250 e. The van der Waals surface area contributed by atoms with Gasteiger partial charge < -0.3 is 23.7 Å². The number of fused-ring (bicyclic) bond motifs is 1. The maximum atomic E-state index is 13.6. The number of imidazole rings is 1. The molecule has 1 amide bonds. The van der Waals surface area contributed by atoms with Crippen LogP contribution in [0.1, 0.15) is 42.1 Å². The van der Waals surface area contributed by atoms with E-state index in [4.69, 9.17) is 14.2 Å². The highest BCUT2D eigenvalue weighted by atomic mass is 16.5. The van der Waals surface area contributed by atoms with Crippen molar-refractivity contribution in [3.8, 4) is 22.9 Å². The Morgan fingerprint density at radius 2 is 2.03 bits per heavy atom. The molecule has 1 fully saturated rings. The lowest BCUT2D eigenvalue weighted by Crippen LogP contribution is -2.41. The molecule has 0 bridgehead atoms. The first-order valence-corrected chi connectivity index (χ1v) is 11.6. The predicted molar refractivity (Wildman–Crippen MR) is 130 cm³/mol. The van der Waals surface area contributed by atoms with Crippen molar-refractivity contribution in [2.24, 2.45) is 0 Å². The van der Waals surface area contributed by atoms with Gasteiger partial charge in [0, 0.05) is 30.3 Å². The third-order valence-corrected chi connectivity index (χ3v) is 6.52. The molecule has 176 valence electrons. The van der Waals surface area contributed by atoms with Crippen LogP contribution in [0.25, 0.3) is 11.8 Å². The molecule has 5 rings (SSSR count). The highest BCUT2D eigenvalue weighted by Crippen LogP contribution is 2.40. The Morgan fingerprint density at radius 1 is 1.15 bits per heavy atom. The lowest BCUT2D eigenvalue weighted by molar-refractivity contribution is -0.131. The Morgan fingerprint density at radius 3 is 2.79 bits per heavy atom. The van der Waals surface area contributed by atoms with Gasteiger partial charge in [0.1, 0.15) is 17.2 Å². The summed E-state index contributed by atoms with van der Waals surface area (Å²) in [6.07, 6.45) is 8.18. The SMILES string of the molecule is COc1ccc2c(c1)[C@@H](N1CCC/C(=C\c3ccc(-n4cnc(C)c4)c(OC)c3)C1=O)CCO2. The third kappa shape index (κ3) is 4.14. The smallest absolute Gasteiger partial charge is 0.250 e. The van der Waals surface area contributed by atoms with Gasteiger partial charge in [-0.05, 0) is 61.7 Å². The molecule has 34 heavy (non-hydrogen) atoms. The number of rotatable bonds is 5. The Hall–Kier alpha value is -3.74. The lowest BCUT2D eigenvalue weighted by Gasteiger charge is -2.38. The van der Waals surface area contributed by atoms with Crippen molar-refractivity contribution in [1.29, 1.82) is 0 Å². The molecule has 0 spiro atoms. The normalized spacial score (nSPS) is 19.0. The second-order valence-corrected chi connectivity index (χ2v) is 8.68. The van der Waals surface area contributed by atoms with Gasteiger partial charge in [0.15, 0.2) is 0 Å². The number of hydrogen-bond acceptors (Lipinski definition) is 5. The van der Waals surface area contributed by atoms with Crippen LogP contribution in [0.3, 0.4) is 0 Å². The van der Waals surface area contributed by atoms with Gasteiger partial charge in [-0.25, -0.2) is 4.98 Å². The first-order valence-electron chi connectivity index (χ1n) is 11.6. The highest BCUT2D eigenvalue weighted by Gasteiger charge is 2.34. The number of piperidine rings is 1. The van der Waals surface area contributed by atoms with Crippen molar-refractivity contribution in [2.75, 3.05) is 27.4 Å². The number of carbonyl (C=O) groups excluding carboxylic acids is 1. The number of nitrogens with zero attached hydrogens (tertiary/aromatic N) is 3. The summed E-state index contributed by atoms with van der Waals surface area (Å²) < 4.78 is 18.9. The van der Waals surface area contributed by atoms with E-state index in [-0.39, 0.29) is 11.9 Å². The summed E-state index contributed by atoms with van der Waals surface area (Å²) in [5, 5.41) is 0. The lowest BCUT2D eigenvalue weighted by atomic mass is 9.93. The van der Waals surface area contributed by atoms with Gasteiger partial charge in [0.05, 0.1) is 44.6 Å². The molecular formula is C27H29N3O4. The molecule has 2 aliphatic rings. The third-order valence-electron chi connectivity index (χ3n) is 6.52. The van der Waals surface area contributed by atoms with Gasteiger partial charge in [-0.15, -0.1) is 0 Å². The van der Waals surface area contributed by atoms with Crippen LogP contribution in [0, 0.1) is 6.92 Å². The van der Waals surface area contributed by atoms with Gasteiger partial charge in [-0.2, -0.15) is 0 Å². The Kier molecular flexibility index (Phi) is 6.01. The number of hydrogen-bond donors (Lipinski definition) is 0. The Labute approximate surface area is 199 Å². The average molecular weight is 460 g/mol. The quantitative estimate of drug-likeness (QED) is 0.516. The number of benzene rings is 2. The number of methoxy groups -OCH3 is 2. The fraction of sp³-hybridized carbons (Fsp3) is 0.333. The molecule has 1 aromatic heterocycles. The van der Waals surface area contributed by atoms with Crippen LogP contribution >= 0.6 is 0 Å². The van der Waals surface area contributed by atoms with Crippen LogP contribution in [0.15, 0.2) is 54.5 Å². The summed E-state index contributed by atoms with van der Waals surface area (Å²) in [5.41, 5.74) is 4.62. The fourth-order valence-electron chi connectivity index (χ4n) is 4.82. The number of ether oxygens (including phenoxy) is 3. The van der Waals surface area contributed by atoms with Crippen LogP contribution in [0.5, 0.6) is 17.2 Å².